The number of carbonyl (C=O) groups excluding carboxylic acids is 2. The van der Waals surface area contributed by atoms with Crippen molar-refractivity contribution >= 4 is 50.5 Å². The Morgan fingerprint density at radius 3 is 2.64 bits per heavy atom. The fourth-order valence-electron chi connectivity index (χ4n) is 2.15. The van der Waals surface area contributed by atoms with Gasteiger partial charge in [0.05, 0.1) is 18.2 Å². The van der Waals surface area contributed by atoms with E-state index < -0.39 is 12.0 Å². The number of methoxy groups -OCH3 is 1. The van der Waals surface area contributed by atoms with Gasteiger partial charge in [0.25, 0.3) is 5.91 Å². The van der Waals surface area contributed by atoms with Crippen LogP contribution in [-0.4, -0.2) is 24.0 Å². The quantitative estimate of drug-likeness (QED) is 0.606. The van der Waals surface area contributed by atoms with Crippen molar-refractivity contribution in [2.45, 2.75) is 6.04 Å². The van der Waals surface area contributed by atoms with Crippen LogP contribution < -0.4 is 5.32 Å². The lowest BCUT2D eigenvalue weighted by Gasteiger charge is -2.16. The fourth-order valence-corrected chi connectivity index (χ4v) is 4.03. The van der Waals surface area contributed by atoms with E-state index in [1.54, 1.807) is 35.6 Å². The highest BCUT2D eigenvalue weighted by molar-refractivity contribution is 9.10. The molecule has 0 spiro atoms. The van der Waals surface area contributed by atoms with Gasteiger partial charge in [-0.1, -0.05) is 34.1 Å². The molecule has 0 radical (unpaired) electrons. The molecule has 3 aromatic rings. The third kappa shape index (κ3) is 4.15. The molecule has 8 heteroatoms. The van der Waals surface area contributed by atoms with Gasteiger partial charge in [0, 0.05) is 4.47 Å². The molecule has 25 heavy (non-hydrogen) atoms. The Morgan fingerprint density at radius 2 is 2.00 bits per heavy atom. The highest BCUT2D eigenvalue weighted by atomic mass is 79.9. The number of hydrogen-bond donors (Lipinski definition) is 1. The van der Waals surface area contributed by atoms with Crippen LogP contribution in [0.15, 0.2) is 52.4 Å². The molecule has 0 aliphatic rings. The van der Waals surface area contributed by atoms with Crippen LogP contribution in [-0.2, 0) is 9.53 Å². The second-order valence-electron chi connectivity index (χ2n) is 4.99. The summed E-state index contributed by atoms with van der Waals surface area (Å²) in [7, 11) is 1.29. The number of rotatable bonds is 5. The smallest absolute Gasteiger partial charge is 0.333 e. The van der Waals surface area contributed by atoms with E-state index in [0.29, 0.717) is 10.4 Å². The van der Waals surface area contributed by atoms with Gasteiger partial charge in [-0.15, -0.1) is 22.7 Å². The number of ether oxygens (including phenoxy) is 1. The number of hydrogen-bond acceptors (Lipinski definition) is 6. The van der Waals surface area contributed by atoms with E-state index in [2.05, 4.69) is 26.2 Å². The van der Waals surface area contributed by atoms with Gasteiger partial charge in [0.15, 0.2) is 6.04 Å². The molecule has 2 heterocycles. The van der Waals surface area contributed by atoms with E-state index >= 15 is 0 Å². The van der Waals surface area contributed by atoms with Crippen molar-refractivity contribution in [2.24, 2.45) is 0 Å². The topological polar surface area (TPSA) is 68.3 Å². The Balaban J connectivity index is 1.80. The predicted octanol–water partition coefficient (Wildman–Crippen LogP) is 4.28. The Morgan fingerprint density at radius 1 is 1.24 bits per heavy atom. The third-order valence-corrected chi connectivity index (χ3v) is 5.94. The lowest BCUT2D eigenvalue weighted by atomic mass is 10.1. The molecule has 1 aromatic carbocycles. The molecule has 0 bridgehead atoms. The summed E-state index contributed by atoms with van der Waals surface area (Å²) < 4.78 is 5.71. The first-order valence-corrected chi connectivity index (χ1v) is 9.71. The molecule has 2 aromatic heterocycles. The Kier molecular flexibility index (Phi) is 5.62. The number of nitrogens with one attached hydrogen (secondary N) is 1. The minimum atomic E-state index is -0.877. The van der Waals surface area contributed by atoms with Crippen LogP contribution >= 0.6 is 38.6 Å². The minimum Gasteiger partial charge on any atom is -0.467 e. The molecule has 0 aliphatic heterocycles. The summed E-state index contributed by atoms with van der Waals surface area (Å²) in [5.41, 5.74) is 0.645. The molecule has 5 nitrogen and oxygen atoms in total. The van der Waals surface area contributed by atoms with Gasteiger partial charge in [0.1, 0.15) is 9.88 Å². The summed E-state index contributed by atoms with van der Waals surface area (Å²) in [6.07, 6.45) is 1.52. The van der Waals surface area contributed by atoms with Crippen LogP contribution in [0.4, 0.5) is 0 Å². The Bertz CT molecular complexity index is 876. The molecule has 0 saturated heterocycles. The zero-order valence-corrected chi connectivity index (χ0v) is 16.3. The van der Waals surface area contributed by atoms with Gasteiger partial charge in [-0.2, -0.15) is 0 Å². The van der Waals surface area contributed by atoms with E-state index in [4.69, 9.17) is 4.74 Å². The van der Waals surface area contributed by atoms with Crippen molar-refractivity contribution in [3.8, 4) is 9.88 Å². The summed E-state index contributed by atoms with van der Waals surface area (Å²) in [5.74, 6) is -0.891. The van der Waals surface area contributed by atoms with Crippen LogP contribution in [0.2, 0.25) is 0 Å². The monoisotopic (exact) mass is 436 g/mol. The van der Waals surface area contributed by atoms with Gasteiger partial charge in [-0.3, -0.25) is 4.79 Å². The minimum absolute atomic E-state index is 0.362. The van der Waals surface area contributed by atoms with Crippen LogP contribution in [0.1, 0.15) is 21.3 Å². The first-order valence-electron chi connectivity index (χ1n) is 7.22. The van der Waals surface area contributed by atoms with E-state index in [9.17, 15) is 9.59 Å². The van der Waals surface area contributed by atoms with E-state index in [1.165, 1.54) is 24.6 Å². The average molecular weight is 437 g/mol. The first-order chi connectivity index (χ1) is 12.1. The highest BCUT2D eigenvalue weighted by Gasteiger charge is 2.25. The van der Waals surface area contributed by atoms with E-state index in [0.717, 1.165) is 14.4 Å². The normalized spacial score (nSPS) is 11.8. The summed E-state index contributed by atoms with van der Waals surface area (Å²) in [5, 5.41) is 5.46. The number of benzene rings is 1. The number of thiophene rings is 1. The van der Waals surface area contributed by atoms with Crippen molar-refractivity contribution in [2.75, 3.05) is 7.11 Å². The molecule has 0 aliphatic carbocycles. The van der Waals surface area contributed by atoms with Crippen molar-refractivity contribution in [1.29, 1.82) is 0 Å². The molecule has 1 N–H and O–H groups in total. The van der Waals surface area contributed by atoms with Gasteiger partial charge in [-0.25, -0.2) is 9.78 Å². The largest absolute Gasteiger partial charge is 0.467 e. The number of amides is 1. The lowest BCUT2D eigenvalue weighted by molar-refractivity contribution is -0.143. The molecular formula is C17H13BrN2O3S2. The van der Waals surface area contributed by atoms with Crippen molar-refractivity contribution in [3.63, 3.8) is 0 Å². The predicted molar refractivity (Wildman–Crippen MR) is 102 cm³/mol. The number of thiazole rings is 1. The molecule has 0 saturated carbocycles. The number of nitrogens with zero attached hydrogens (tertiary/aromatic N) is 1. The second kappa shape index (κ2) is 7.90. The highest BCUT2D eigenvalue weighted by Crippen LogP contribution is 2.29. The molecule has 1 unspecified atom stereocenters. The summed E-state index contributed by atoms with van der Waals surface area (Å²) in [6, 6.07) is 10.1. The zero-order valence-electron chi connectivity index (χ0n) is 13.1. The van der Waals surface area contributed by atoms with Gasteiger partial charge < -0.3 is 10.1 Å². The average Bonchev–Trinajstić information content (AvgIpc) is 3.30. The number of carbonyl (C=O) groups is 2. The third-order valence-electron chi connectivity index (χ3n) is 3.38. The van der Waals surface area contributed by atoms with Gasteiger partial charge in [0.2, 0.25) is 0 Å². The van der Waals surface area contributed by atoms with Crippen LogP contribution in [0.3, 0.4) is 0 Å². The van der Waals surface area contributed by atoms with E-state index in [-0.39, 0.29) is 5.91 Å². The van der Waals surface area contributed by atoms with Gasteiger partial charge >= 0.3 is 5.97 Å². The number of halogens is 1. The summed E-state index contributed by atoms with van der Waals surface area (Å²) >= 11 is 6.19. The molecule has 1 atom stereocenters. The zero-order chi connectivity index (χ0) is 17.8. The van der Waals surface area contributed by atoms with Crippen LogP contribution in [0.5, 0.6) is 0 Å². The van der Waals surface area contributed by atoms with Crippen LogP contribution in [0.25, 0.3) is 9.88 Å². The van der Waals surface area contributed by atoms with Gasteiger partial charge in [-0.05, 0) is 29.1 Å². The maximum atomic E-state index is 12.5. The fraction of sp³-hybridized carbons (Fsp3) is 0.118. The SMILES string of the molecule is COC(=O)C(NC(=O)c1cnc(-c2cccs2)s1)c1ccc(Br)cc1. The van der Waals surface area contributed by atoms with Crippen molar-refractivity contribution in [3.05, 3.63) is 62.9 Å². The maximum Gasteiger partial charge on any atom is 0.333 e. The molecule has 1 amide bonds. The Hall–Kier alpha value is -2.03. The number of aromatic nitrogens is 1. The standard InChI is InChI=1S/C17H13BrN2O3S2/c1-23-17(22)14(10-4-6-11(18)7-5-10)20-15(21)13-9-19-16(25-13)12-3-2-8-24-12/h2-9,14H,1H3,(H,20,21). The second-order valence-corrected chi connectivity index (χ2v) is 7.88. The van der Waals surface area contributed by atoms with Crippen molar-refractivity contribution in [1.82, 2.24) is 10.3 Å². The van der Waals surface area contributed by atoms with Crippen molar-refractivity contribution < 1.29 is 14.3 Å². The Labute approximate surface area is 160 Å². The molecular weight excluding hydrogens is 424 g/mol. The molecule has 3 rings (SSSR count). The van der Waals surface area contributed by atoms with Crippen LogP contribution in [0, 0.1) is 0 Å². The first kappa shape index (κ1) is 17.8. The van der Waals surface area contributed by atoms with E-state index in [1.807, 2.05) is 17.5 Å². The molecule has 0 fully saturated rings. The summed E-state index contributed by atoms with van der Waals surface area (Å²) in [6.45, 7) is 0. The lowest BCUT2D eigenvalue weighted by Crippen LogP contribution is -2.34. The maximum absolute atomic E-state index is 12.5. The molecule has 128 valence electrons. The number of esters is 1. The summed E-state index contributed by atoms with van der Waals surface area (Å²) in [4.78, 5) is 30.4.